The molecule has 3 nitrogen and oxygen atoms in total. The minimum atomic E-state index is -3.36. The Bertz CT molecular complexity index is 649. The van der Waals surface area contributed by atoms with Gasteiger partial charge in [-0.15, -0.1) is 0 Å². The van der Waals surface area contributed by atoms with Crippen LogP contribution in [0.25, 0.3) is 0 Å². The summed E-state index contributed by atoms with van der Waals surface area (Å²) in [6.45, 7) is 2.04. The molecule has 0 aliphatic rings. The topological polar surface area (TPSA) is 60.2 Å². The molecular weight excluding hydrogens is 270 g/mol. The van der Waals surface area contributed by atoms with Crippen LogP contribution in [0.5, 0.6) is 0 Å². The summed E-state index contributed by atoms with van der Waals surface area (Å²) in [5.74, 6) is -0.0809. The van der Waals surface area contributed by atoms with Gasteiger partial charge in [0.1, 0.15) is 0 Å². The third-order valence-electron chi connectivity index (χ3n) is 3.32. The average Bonchev–Trinajstić information content (AvgIpc) is 2.48. The summed E-state index contributed by atoms with van der Waals surface area (Å²) in [7, 11) is -3.36. The largest absolute Gasteiger partial charge is 0.323 e. The van der Waals surface area contributed by atoms with Gasteiger partial charge in [0.05, 0.1) is 10.6 Å². The molecule has 1 unspecified atom stereocenters. The third-order valence-corrected chi connectivity index (χ3v) is 5.11. The van der Waals surface area contributed by atoms with E-state index >= 15 is 0 Å². The Morgan fingerprint density at radius 3 is 2.15 bits per heavy atom. The first-order valence-electron chi connectivity index (χ1n) is 6.65. The fourth-order valence-corrected chi connectivity index (χ4v) is 3.47. The maximum atomic E-state index is 12.3. The van der Waals surface area contributed by atoms with Crippen molar-refractivity contribution in [2.24, 2.45) is 5.73 Å². The molecule has 20 heavy (non-hydrogen) atoms. The average molecular weight is 289 g/mol. The monoisotopic (exact) mass is 289 g/mol. The van der Waals surface area contributed by atoms with Gasteiger partial charge in [-0.2, -0.15) is 0 Å². The van der Waals surface area contributed by atoms with Crippen LogP contribution in [0, 0.1) is 0 Å². The molecule has 0 fully saturated rings. The summed E-state index contributed by atoms with van der Waals surface area (Å²) in [4.78, 5) is 0.334. The van der Waals surface area contributed by atoms with Crippen molar-refractivity contribution < 1.29 is 8.42 Å². The molecule has 0 saturated heterocycles. The fraction of sp³-hybridized carbons (Fsp3) is 0.250. The standard InChI is InChI=1S/C16H19NO2S/c1-2-13-8-10-15(11-9-13)20(18,19)12-16(17)14-6-4-3-5-7-14/h3-11,16H,2,12,17H2,1H3. The van der Waals surface area contributed by atoms with Crippen molar-refractivity contribution in [1.29, 1.82) is 0 Å². The number of hydrogen-bond acceptors (Lipinski definition) is 3. The van der Waals surface area contributed by atoms with Gasteiger partial charge < -0.3 is 5.73 Å². The number of hydrogen-bond donors (Lipinski definition) is 1. The lowest BCUT2D eigenvalue weighted by atomic mass is 10.1. The summed E-state index contributed by atoms with van der Waals surface area (Å²) in [5.41, 5.74) is 7.95. The van der Waals surface area contributed by atoms with Crippen LogP contribution in [-0.2, 0) is 16.3 Å². The Labute approximate surface area is 120 Å². The normalized spacial score (nSPS) is 13.1. The van der Waals surface area contributed by atoms with Crippen LogP contribution in [0.15, 0.2) is 59.5 Å². The molecule has 0 saturated carbocycles. The minimum absolute atomic E-state index is 0.0809. The second-order valence-corrected chi connectivity index (χ2v) is 6.83. The highest BCUT2D eigenvalue weighted by atomic mass is 32.2. The molecule has 1 atom stereocenters. The van der Waals surface area contributed by atoms with Crippen LogP contribution in [-0.4, -0.2) is 14.2 Å². The molecule has 0 aliphatic carbocycles. The zero-order valence-electron chi connectivity index (χ0n) is 11.5. The number of sulfone groups is 1. The summed E-state index contributed by atoms with van der Waals surface area (Å²) in [6, 6.07) is 15.8. The Morgan fingerprint density at radius 1 is 1.00 bits per heavy atom. The summed E-state index contributed by atoms with van der Waals surface area (Å²) < 4.78 is 24.7. The Balaban J connectivity index is 2.18. The van der Waals surface area contributed by atoms with Crippen molar-refractivity contribution in [3.63, 3.8) is 0 Å². The van der Waals surface area contributed by atoms with Crippen molar-refractivity contribution in [2.75, 3.05) is 5.75 Å². The van der Waals surface area contributed by atoms with Crippen LogP contribution >= 0.6 is 0 Å². The van der Waals surface area contributed by atoms with E-state index in [0.717, 1.165) is 17.5 Å². The van der Waals surface area contributed by atoms with Crippen LogP contribution in [0.4, 0.5) is 0 Å². The lowest BCUT2D eigenvalue weighted by molar-refractivity contribution is 0.589. The number of nitrogens with two attached hydrogens (primary N) is 1. The van der Waals surface area contributed by atoms with Gasteiger partial charge in [0.15, 0.2) is 9.84 Å². The molecule has 2 aromatic rings. The van der Waals surface area contributed by atoms with Crippen molar-refractivity contribution in [1.82, 2.24) is 0 Å². The number of aryl methyl sites for hydroxylation is 1. The van der Waals surface area contributed by atoms with Gasteiger partial charge in [0.2, 0.25) is 0 Å². The predicted octanol–water partition coefficient (Wildman–Crippen LogP) is 2.72. The summed E-state index contributed by atoms with van der Waals surface area (Å²) in [6.07, 6.45) is 0.893. The van der Waals surface area contributed by atoms with E-state index in [0.29, 0.717) is 4.90 Å². The smallest absolute Gasteiger partial charge is 0.180 e. The molecule has 0 radical (unpaired) electrons. The zero-order chi connectivity index (χ0) is 14.6. The predicted molar refractivity (Wildman–Crippen MR) is 81.2 cm³/mol. The van der Waals surface area contributed by atoms with Crippen molar-refractivity contribution in [3.8, 4) is 0 Å². The minimum Gasteiger partial charge on any atom is -0.323 e. The second-order valence-electron chi connectivity index (χ2n) is 4.80. The maximum absolute atomic E-state index is 12.3. The van der Waals surface area contributed by atoms with Gasteiger partial charge in [0.25, 0.3) is 0 Å². The first-order chi connectivity index (χ1) is 9.53. The van der Waals surface area contributed by atoms with E-state index in [1.54, 1.807) is 12.1 Å². The number of benzene rings is 2. The van der Waals surface area contributed by atoms with Gasteiger partial charge in [-0.05, 0) is 29.7 Å². The van der Waals surface area contributed by atoms with Crippen LogP contribution in [0.3, 0.4) is 0 Å². The molecule has 2 aromatic carbocycles. The van der Waals surface area contributed by atoms with Crippen LogP contribution in [0.2, 0.25) is 0 Å². The van der Waals surface area contributed by atoms with E-state index in [4.69, 9.17) is 5.73 Å². The molecule has 2 N–H and O–H groups in total. The molecule has 0 bridgehead atoms. The summed E-state index contributed by atoms with van der Waals surface area (Å²) in [5, 5.41) is 0. The lowest BCUT2D eigenvalue weighted by Crippen LogP contribution is -2.21. The Kier molecular flexibility index (Phi) is 4.57. The molecule has 0 aliphatic heterocycles. The molecule has 0 spiro atoms. The van der Waals surface area contributed by atoms with E-state index in [1.807, 2.05) is 49.4 Å². The third kappa shape index (κ3) is 3.46. The first kappa shape index (κ1) is 14.8. The van der Waals surface area contributed by atoms with Crippen LogP contribution in [0.1, 0.15) is 24.1 Å². The maximum Gasteiger partial charge on any atom is 0.180 e. The van der Waals surface area contributed by atoms with Gasteiger partial charge in [-0.25, -0.2) is 8.42 Å². The van der Waals surface area contributed by atoms with E-state index < -0.39 is 15.9 Å². The molecule has 0 aromatic heterocycles. The first-order valence-corrected chi connectivity index (χ1v) is 8.30. The van der Waals surface area contributed by atoms with E-state index in [2.05, 4.69) is 0 Å². The van der Waals surface area contributed by atoms with Crippen molar-refractivity contribution in [2.45, 2.75) is 24.3 Å². The highest BCUT2D eigenvalue weighted by molar-refractivity contribution is 7.91. The van der Waals surface area contributed by atoms with Crippen molar-refractivity contribution >= 4 is 9.84 Å². The summed E-state index contributed by atoms with van der Waals surface area (Å²) >= 11 is 0. The van der Waals surface area contributed by atoms with Gasteiger partial charge in [0, 0.05) is 6.04 Å². The fourth-order valence-electron chi connectivity index (χ4n) is 2.06. The zero-order valence-corrected chi connectivity index (χ0v) is 12.3. The van der Waals surface area contributed by atoms with E-state index in [9.17, 15) is 8.42 Å². The van der Waals surface area contributed by atoms with Gasteiger partial charge in [-0.1, -0.05) is 49.4 Å². The molecule has 4 heteroatoms. The molecular formula is C16H19NO2S. The van der Waals surface area contributed by atoms with E-state index in [-0.39, 0.29) is 5.75 Å². The molecule has 2 rings (SSSR count). The second kappa shape index (κ2) is 6.20. The highest BCUT2D eigenvalue weighted by Crippen LogP contribution is 2.18. The molecule has 0 amide bonds. The SMILES string of the molecule is CCc1ccc(S(=O)(=O)CC(N)c2ccccc2)cc1. The van der Waals surface area contributed by atoms with Gasteiger partial charge >= 0.3 is 0 Å². The Hall–Kier alpha value is -1.65. The lowest BCUT2D eigenvalue weighted by Gasteiger charge is -2.12. The highest BCUT2D eigenvalue weighted by Gasteiger charge is 2.19. The quantitative estimate of drug-likeness (QED) is 0.920. The van der Waals surface area contributed by atoms with Crippen LogP contribution < -0.4 is 5.73 Å². The number of rotatable bonds is 5. The van der Waals surface area contributed by atoms with Gasteiger partial charge in [-0.3, -0.25) is 0 Å². The van der Waals surface area contributed by atoms with E-state index in [1.165, 1.54) is 0 Å². The Morgan fingerprint density at radius 2 is 1.60 bits per heavy atom. The molecule has 0 heterocycles. The van der Waals surface area contributed by atoms with Crippen molar-refractivity contribution in [3.05, 3.63) is 65.7 Å². The molecule has 106 valence electrons.